The highest BCUT2D eigenvalue weighted by Gasteiger charge is 2.55. The zero-order valence-electron chi connectivity index (χ0n) is 17.7. The number of carbonyl (C=O) groups excluding carboxylic acids is 1. The minimum Gasteiger partial charge on any atom is -0.469 e. The second-order valence-corrected chi connectivity index (χ2v) is 9.81. The van der Waals surface area contributed by atoms with Gasteiger partial charge < -0.3 is 14.1 Å². The van der Waals surface area contributed by atoms with Crippen LogP contribution in [0.15, 0.2) is 35.0 Å². The van der Waals surface area contributed by atoms with Gasteiger partial charge in [-0.3, -0.25) is 4.79 Å². The second kappa shape index (κ2) is 7.70. The van der Waals surface area contributed by atoms with Gasteiger partial charge in [0.25, 0.3) is 0 Å². The van der Waals surface area contributed by atoms with E-state index in [0.717, 1.165) is 44.4 Å². The molecule has 28 heavy (non-hydrogen) atoms. The van der Waals surface area contributed by atoms with Crippen molar-refractivity contribution in [1.29, 1.82) is 0 Å². The number of hydrogen-bond donors (Lipinski definition) is 0. The SMILES string of the molecule is C=C1CCC[C@]2(C)C[C@H]3OC(=O)[C@@H](CN(C)[C@@H](C)CCc4ccco4)[C@@H]3C[C@@H]12. The maximum absolute atomic E-state index is 12.7. The molecule has 3 fully saturated rings. The van der Waals surface area contributed by atoms with Crippen molar-refractivity contribution in [2.75, 3.05) is 13.6 Å². The van der Waals surface area contributed by atoms with E-state index >= 15 is 0 Å². The molecule has 0 amide bonds. The molecule has 1 saturated heterocycles. The molecular weight excluding hydrogens is 350 g/mol. The third-order valence-corrected chi connectivity index (χ3v) is 7.95. The summed E-state index contributed by atoms with van der Waals surface area (Å²) in [6.07, 6.45) is 9.51. The molecule has 4 nitrogen and oxygen atoms in total. The molecule has 2 saturated carbocycles. The fourth-order valence-corrected chi connectivity index (χ4v) is 5.98. The highest BCUT2D eigenvalue weighted by molar-refractivity contribution is 5.75. The average Bonchev–Trinajstić information content (AvgIpc) is 3.26. The highest BCUT2D eigenvalue weighted by Crippen LogP contribution is 2.56. The standard InChI is InChI=1S/C24H35NO3/c1-16-7-5-11-24(3)14-22-19(13-21(16)24)20(23(26)28-22)15-25(4)17(2)9-10-18-8-6-12-27-18/h6,8,12,17,19-22H,1,5,7,9-11,13-15H2,2-4H3/t17-,19-,20-,21-,22+,24+/m0/s1. The van der Waals surface area contributed by atoms with E-state index in [-0.39, 0.29) is 23.4 Å². The number of esters is 1. The van der Waals surface area contributed by atoms with Crippen molar-refractivity contribution in [3.05, 3.63) is 36.3 Å². The zero-order valence-corrected chi connectivity index (χ0v) is 17.7. The van der Waals surface area contributed by atoms with Gasteiger partial charge in [0, 0.05) is 24.9 Å². The van der Waals surface area contributed by atoms with Gasteiger partial charge in [-0.25, -0.2) is 0 Å². The number of carbonyl (C=O) groups is 1. The molecule has 4 rings (SSSR count). The first-order valence-electron chi connectivity index (χ1n) is 11.0. The largest absolute Gasteiger partial charge is 0.469 e. The first-order valence-corrected chi connectivity index (χ1v) is 11.0. The Morgan fingerprint density at radius 2 is 2.25 bits per heavy atom. The normalized spacial score (nSPS) is 36.1. The van der Waals surface area contributed by atoms with E-state index in [2.05, 4.69) is 32.4 Å². The van der Waals surface area contributed by atoms with Crippen molar-refractivity contribution in [2.45, 2.75) is 70.9 Å². The lowest BCUT2D eigenvalue weighted by molar-refractivity contribution is -0.146. The van der Waals surface area contributed by atoms with Crippen LogP contribution >= 0.6 is 0 Å². The van der Waals surface area contributed by atoms with Crippen LogP contribution in [0.2, 0.25) is 0 Å². The summed E-state index contributed by atoms with van der Waals surface area (Å²) in [7, 11) is 2.14. The van der Waals surface area contributed by atoms with Crippen molar-refractivity contribution in [3.63, 3.8) is 0 Å². The van der Waals surface area contributed by atoms with Crippen molar-refractivity contribution >= 4 is 5.97 Å². The van der Waals surface area contributed by atoms with E-state index < -0.39 is 0 Å². The summed E-state index contributed by atoms with van der Waals surface area (Å²) < 4.78 is 11.4. The molecule has 0 radical (unpaired) electrons. The maximum Gasteiger partial charge on any atom is 0.310 e. The summed E-state index contributed by atoms with van der Waals surface area (Å²) in [6, 6.07) is 4.37. The van der Waals surface area contributed by atoms with Crippen LogP contribution in [-0.2, 0) is 16.0 Å². The van der Waals surface area contributed by atoms with Gasteiger partial charge >= 0.3 is 5.97 Å². The fraction of sp³-hybridized carbons (Fsp3) is 0.708. The Bertz CT molecular complexity index is 711. The quantitative estimate of drug-likeness (QED) is 0.519. The van der Waals surface area contributed by atoms with Crippen LogP contribution in [-0.4, -0.2) is 36.6 Å². The Kier molecular flexibility index (Phi) is 5.43. The molecule has 6 atom stereocenters. The molecule has 0 unspecified atom stereocenters. The molecule has 2 heterocycles. The van der Waals surface area contributed by atoms with Crippen LogP contribution in [0.5, 0.6) is 0 Å². The van der Waals surface area contributed by atoms with E-state index in [1.54, 1.807) is 6.26 Å². The predicted octanol–water partition coefficient (Wildman–Crippen LogP) is 4.85. The van der Waals surface area contributed by atoms with Crippen LogP contribution in [0.4, 0.5) is 0 Å². The number of hydrogen-bond acceptors (Lipinski definition) is 4. The smallest absolute Gasteiger partial charge is 0.310 e. The van der Waals surface area contributed by atoms with Crippen LogP contribution in [0.1, 0.15) is 58.1 Å². The summed E-state index contributed by atoms with van der Waals surface area (Å²) in [5, 5.41) is 0. The first kappa shape index (κ1) is 19.8. The number of rotatable bonds is 6. The summed E-state index contributed by atoms with van der Waals surface area (Å²) in [5.41, 5.74) is 1.68. The molecule has 0 spiro atoms. The van der Waals surface area contributed by atoms with E-state index in [0.29, 0.717) is 17.9 Å². The van der Waals surface area contributed by atoms with Gasteiger partial charge in [-0.15, -0.1) is 0 Å². The Balaban J connectivity index is 1.39. The Hall–Kier alpha value is -1.55. The third-order valence-electron chi connectivity index (χ3n) is 7.95. The number of fused-ring (bicyclic) bond motifs is 2. The Morgan fingerprint density at radius 3 is 3.00 bits per heavy atom. The van der Waals surface area contributed by atoms with Crippen molar-refractivity contribution in [2.24, 2.45) is 23.2 Å². The van der Waals surface area contributed by atoms with Gasteiger partial charge in [0.1, 0.15) is 11.9 Å². The Morgan fingerprint density at radius 1 is 1.43 bits per heavy atom. The number of nitrogens with zero attached hydrogens (tertiary/aromatic N) is 1. The van der Waals surface area contributed by atoms with Gasteiger partial charge in [0.15, 0.2) is 0 Å². The van der Waals surface area contributed by atoms with E-state index in [1.165, 1.54) is 18.4 Å². The summed E-state index contributed by atoms with van der Waals surface area (Å²) in [4.78, 5) is 15.1. The monoisotopic (exact) mass is 385 g/mol. The van der Waals surface area contributed by atoms with Gasteiger partial charge in [0.05, 0.1) is 12.2 Å². The third kappa shape index (κ3) is 3.68. The maximum atomic E-state index is 12.7. The van der Waals surface area contributed by atoms with E-state index in [1.807, 2.05) is 12.1 Å². The van der Waals surface area contributed by atoms with Crippen LogP contribution < -0.4 is 0 Å². The molecule has 3 aliphatic rings. The summed E-state index contributed by atoms with van der Waals surface area (Å²) >= 11 is 0. The van der Waals surface area contributed by atoms with Crippen molar-refractivity contribution in [3.8, 4) is 0 Å². The van der Waals surface area contributed by atoms with Gasteiger partial charge in [0.2, 0.25) is 0 Å². The molecule has 2 aliphatic carbocycles. The molecule has 154 valence electrons. The minimum atomic E-state index is 0.000314. The molecule has 4 heteroatoms. The lowest BCUT2D eigenvalue weighted by Gasteiger charge is -2.50. The number of ether oxygens (including phenoxy) is 1. The minimum absolute atomic E-state index is 0.000314. The van der Waals surface area contributed by atoms with E-state index in [4.69, 9.17) is 9.15 Å². The second-order valence-electron chi connectivity index (χ2n) is 9.81. The topological polar surface area (TPSA) is 42.7 Å². The van der Waals surface area contributed by atoms with Crippen LogP contribution in [0.3, 0.4) is 0 Å². The number of furan rings is 1. The Labute approximate surface area is 169 Å². The number of allylic oxidation sites excluding steroid dienone is 1. The lowest BCUT2D eigenvalue weighted by Crippen LogP contribution is -2.46. The van der Waals surface area contributed by atoms with Gasteiger partial charge in [-0.2, -0.15) is 0 Å². The van der Waals surface area contributed by atoms with Crippen LogP contribution in [0, 0.1) is 23.2 Å². The van der Waals surface area contributed by atoms with Crippen molar-refractivity contribution in [1.82, 2.24) is 4.90 Å². The van der Waals surface area contributed by atoms with Crippen molar-refractivity contribution < 1.29 is 13.9 Å². The predicted molar refractivity (Wildman–Crippen MR) is 110 cm³/mol. The molecule has 1 aromatic heterocycles. The first-order chi connectivity index (χ1) is 13.4. The lowest BCUT2D eigenvalue weighted by atomic mass is 9.55. The van der Waals surface area contributed by atoms with E-state index in [9.17, 15) is 4.79 Å². The molecule has 0 N–H and O–H groups in total. The molecule has 1 aliphatic heterocycles. The zero-order chi connectivity index (χ0) is 19.9. The summed E-state index contributed by atoms with van der Waals surface area (Å²) in [6.45, 7) is 9.81. The van der Waals surface area contributed by atoms with Gasteiger partial charge in [-0.05, 0) is 76.0 Å². The average molecular weight is 386 g/mol. The number of aryl methyl sites for hydroxylation is 1. The molecule has 0 aromatic carbocycles. The summed E-state index contributed by atoms with van der Waals surface area (Å²) in [5.74, 6) is 1.96. The molecular formula is C24H35NO3. The highest BCUT2D eigenvalue weighted by atomic mass is 16.6. The molecule has 0 bridgehead atoms. The van der Waals surface area contributed by atoms with Crippen LogP contribution in [0.25, 0.3) is 0 Å². The molecule has 1 aromatic rings. The fourth-order valence-electron chi connectivity index (χ4n) is 5.98. The van der Waals surface area contributed by atoms with Gasteiger partial charge in [-0.1, -0.05) is 19.1 Å².